The second-order valence-electron chi connectivity index (χ2n) is 8.02. The molecule has 0 atom stereocenters. The van der Waals surface area contributed by atoms with Gasteiger partial charge in [0.15, 0.2) is 5.65 Å². The summed E-state index contributed by atoms with van der Waals surface area (Å²) < 4.78 is 2.40. The summed E-state index contributed by atoms with van der Waals surface area (Å²) in [7, 11) is 0. The third-order valence-corrected chi connectivity index (χ3v) is 5.43. The van der Waals surface area contributed by atoms with Crippen LogP contribution >= 0.6 is 0 Å². The van der Waals surface area contributed by atoms with Gasteiger partial charge >= 0.3 is 0 Å². The number of benzene rings is 2. The number of aryl methyl sites for hydroxylation is 2. The fourth-order valence-electron chi connectivity index (χ4n) is 3.93. The maximum atomic E-state index is 13.2. The molecule has 11 nitrogen and oxygen atoms in total. The van der Waals surface area contributed by atoms with E-state index in [2.05, 4.69) is 10.1 Å². The first-order valence-corrected chi connectivity index (χ1v) is 10.7. The van der Waals surface area contributed by atoms with E-state index in [1.807, 2.05) is 38.1 Å². The molecule has 0 aliphatic carbocycles. The number of nitrogens with zero attached hydrogens (tertiary/aromatic N) is 7. The molecule has 4 rings (SSSR count). The minimum Gasteiger partial charge on any atom is -0.310 e. The van der Waals surface area contributed by atoms with Crippen LogP contribution in [0.4, 0.5) is 11.4 Å². The third kappa shape index (κ3) is 4.63. The molecule has 0 saturated carbocycles. The highest BCUT2D eigenvalue weighted by Gasteiger charge is 2.21. The minimum atomic E-state index is -0.536. The van der Waals surface area contributed by atoms with E-state index in [1.165, 1.54) is 40.3 Å². The van der Waals surface area contributed by atoms with E-state index in [0.29, 0.717) is 5.69 Å². The average molecular weight is 471 g/mol. The number of nitro groups is 1. The van der Waals surface area contributed by atoms with Gasteiger partial charge in [0.25, 0.3) is 11.2 Å². The van der Waals surface area contributed by atoms with Crippen LogP contribution in [0, 0.1) is 35.3 Å². The molecule has 35 heavy (non-hydrogen) atoms. The minimum absolute atomic E-state index is 0.119. The predicted molar refractivity (Wildman–Crippen MR) is 128 cm³/mol. The number of aromatic nitrogens is 4. The van der Waals surface area contributed by atoms with E-state index in [0.717, 1.165) is 15.7 Å². The highest BCUT2D eigenvalue weighted by Crippen LogP contribution is 2.24. The van der Waals surface area contributed by atoms with Gasteiger partial charge in [0.05, 0.1) is 23.6 Å². The summed E-state index contributed by atoms with van der Waals surface area (Å²) in [6, 6.07) is 13.7. The second-order valence-corrected chi connectivity index (χ2v) is 8.02. The van der Waals surface area contributed by atoms with E-state index in [1.54, 1.807) is 6.07 Å². The molecule has 2 aromatic carbocycles. The van der Waals surface area contributed by atoms with Gasteiger partial charge in [-0.15, -0.1) is 0 Å². The van der Waals surface area contributed by atoms with Crippen molar-refractivity contribution in [3.05, 3.63) is 86.6 Å². The first kappa shape index (κ1) is 23.3. The van der Waals surface area contributed by atoms with E-state index in [4.69, 9.17) is 5.26 Å². The zero-order valence-electron chi connectivity index (χ0n) is 19.1. The fourth-order valence-corrected chi connectivity index (χ4v) is 3.93. The van der Waals surface area contributed by atoms with Crippen LogP contribution in [0.15, 0.2) is 59.8 Å². The van der Waals surface area contributed by atoms with Crippen LogP contribution in [0.1, 0.15) is 17.5 Å². The maximum absolute atomic E-state index is 13.2. The van der Waals surface area contributed by atoms with E-state index < -0.39 is 10.5 Å². The van der Waals surface area contributed by atoms with Crippen molar-refractivity contribution in [1.82, 2.24) is 19.3 Å². The third-order valence-electron chi connectivity index (χ3n) is 5.43. The van der Waals surface area contributed by atoms with Crippen molar-refractivity contribution in [2.45, 2.75) is 26.8 Å². The lowest BCUT2D eigenvalue weighted by Crippen LogP contribution is -2.37. The van der Waals surface area contributed by atoms with Gasteiger partial charge < -0.3 is 4.90 Å². The highest BCUT2D eigenvalue weighted by atomic mass is 16.6. The summed E-state index contributed by atoms with van der Waals surface area (Å²) in [5, 5.41) is 24.7. The van der Waals surface area contributed by atoms with Crippen molar-refractivity contribution in [3.63, 3.8) is 0 Å². The smallest absolute Gasteiger partial charge is 0.294 e. The van der Waals surface area contributed by atoms with Gasteiger partial charge in [-0.1, -0.05) is 18.2 Å². The molecule has 0 aliphatic rings. The van der Waals surface area contributed by atoms with Crippen LogP contribution < -0.4 is 10.5 Å². The van der Waals surface area contributed by atoms with Crippen molar-refractivity contribution in [3.8, 4) is 11.8 Å². The van der Waals surface area contributed by atoms with E-state index >= 15 is 0 Å². The summed E-state index contributed by atoms with van der Waals surface area (Å²) in [5.74, 6) is -0.375. The van der Waals surface area contributed by atoms with Gasteiger partial charge in [-0.05, 0) is 43.2 Å². The van der Waals surface area contributed by atoms with E-state index in [-0.39, 0.29) is 47.8 Å². The largest absolute Gasteiger partial charge is 0.310 e. The molecule has 0 fully saturated rings. The summed E-state index contributed by atoms with van der Waals surface area (Å²) >= 11 is 0. The Balaban J connectivity index is 1.70. The van der Waals surface area contributed by atoms with E-state index in [9.17, 15) is 19.7 Å². The van der Waals surface area contributed by atoms with Gasteiger partial charge in [-0.3, -0.25) is 24.3 Å². The summed E-state index contributed by atoms with van der Waals surface area (Å²) in [4.78, 5) is 43.0. The Hall–Kier alpha value is -4.85. The molecule has 176 valence electrons. The summed E-state index contributed by atoms with van der Waals surface area (Å²) in [6.45, 7) is 3.72. The monoisotopic (exact) mass is 471 g/mol. The van der Waals surface area contributed by atoms with Gasteiger partial charge in [-0.25, -0.2) is 9.67 Å². The maximum Gasteiger partial charge on any atom is 0.294 e. The molecule has 2 heterocycles. The normalized spacial score (nSPS) is 10.8. The molecule has 0 spiro atoms. The molecule has 0 radical (unpaired) electrons. The van der Waals surface area contributed by atoms with Crippen molar-refractivity contribution >= 4 is 28.3 Å². The predicted octanol–water partition coefficient (Wildman–Crippen LogP) is 3.05. The number of fused-ring (bicyclic) bond motifs is 1. The molecule has 1 amide bonds. The quantitative estimate of drug-likeness (QED) is 0.298. The molecule has 0 N–H and O–H groups in total. The SMILES string of the molecule is Cc1cc(C)cc(N(CCC#N)C(=O)Cn2cnc3c(cnn3-c3ccccc3[N+](=O)[O-])c2=O)c1. The van der Waals surface area contributed by atoms with Crippen molar-refractivity contribution in [2.75, 3.05) is 11.4 Å². The van der Waals surface area contributed by atoms with Gasteiger partial charge in [0.2, 0.25) is 5.91 Å². The number of hydrogen-bond donors (Lipinski definition) is 0. The van der Waals surface area contributed by atoms with Crippen molar-refractivity contribution in [1.29, 1.82) is 5.26 Å². The van der Waals surface area contributed by atoms with Crippen LogP contribution in [0.3, 0.4) is 0 Å². The Bertz CT molecular complexity index is 1530. The lowest BCUT2D eigenvalue weighted by molar-refractivity contribution is -0.384. The standard InChI is InChI=1S/C24H21N7O4/c1-16-10-17(2)12-18(11-16)29(9-5-8-25)22(32)14-28-15-26-23-19(24(28)33)13-27-30(23)20-6-3-4-7-21(20)31(34)35/h3-4,6-7,10-13,15H,5,9,14H2,1-2H3. The Kier molecular flexibility index (Phi) is 6.37. The molecule has 0 unspecified atom stereocenters. The number of nitriles is 1. The number of carbonyl (C=O) groups excluding carboxylic acids is 1. The topological polar surface area (TPSA) is 140 Å². The van der Waals surface area contributed by atoms with Crippen LogP contribution in [-0.2, 0) is 11.3 Å². The van der Waals surface area contributed by atoms with Gasteiger partial charge in [0.1, 0.15) is 23.9 Å². The molecule has 11 heteroatoms. The summed E-state index contributed by atoms with van der Waals surface area (Å²) in [6.07, 6.45) is 2.63. The molecule has 4 aromatic rings. The van der Waals surface area contributed by atoms with Crippen molar-refractivity contribution < 1.29 is 9.72 Å². The zero-order chi connectivity index (χ0) is 25.1. The summed E-state index contributed by atoms with van der Waals surface area (Å²) in [5.41, 5.74) is 2.22. The first-order chi connectivity index (χ1) is 16.8. The zero-order valence-corrected chi connectivity index (χ0v) is 19.1. The Morgan fingerprint density at radius 3 is 2.60 bits per heavy atom. The second kappa shape index (κ2) is 9.56. The molecule has 0 aliphatic heterocycles. The number of amides is 1. The lowest BCUT2D eigenvalue weighted by atomic mass is 10.1. The van der Waals surface area contributed by atoms with Gasteiger partial charge in [0, 0.05) is 18.3 Å². The molecule has 2 aromatic heterocycles. The van der Waals surface area contributed by atoms with Gasteiger partial charge in [-0.2, -0.15) is 10.4 Å². The number of anilines is 1. The Morgan fingerprint density at radius 2 is 1.91 bits per heavy atom. The average Bonchev–Trinajstić information content (AvgIpc) is 3.25. The highest BCUT2D eigenvalue weighted by molar-refractivity contribution is 5.93. The number of para-hydroxylation sites is 2. The number of rotatable bonds is 7. The van der Waals surface area contributed by atoms with Crippen LogP contribution in [0.25, 0.3) is 16.7 Å². The fraction of sp³-hybridized carbons (Fsp3) is 0.208. The van der Waals surface area contributed by atoms with Crippen LogP contribution in [-0.4, -0.2) is 36.7 Å². The molecule has 0 saturated heterocycles. The molecular weight excluding hydrogens is 450 g/mol. The number of hydrogen-bond acceptors (Lipinski definition) is 7. The first-order valence-electron chi connectivity index (χ1n) is 10.7. The Morgan fingerprint density at radius 1 is 1.20 bits per heavy atom. The van der Waals surface area contributed by atoms with Crippen molar-refractivity contribution in [2.24, 2.45) is 0 Å². The number of carbonyl (C=O) groups is 1. The number of nitro benzene ring substituents is 1. The lowest BCUT2D eigenvalue weighted by Gasteiger charge is -2.23. The van der Waals surface area contributed by atoms with Crippen LogP contribution in [0.2, 0.25) is 0 Å². The molecular formula is C24H21N7O4. The molecule has 0 bridgehead atoms. The van der Waals surface area contributed by atoms with Crippen LogP contribution in [0.5, 0.6) is 0 Å². The Labute approximate surface area is 199 Å².